The zero-order valence-electron chi connectivity index (χ0n) is 12.4. The van der Waals surface area contributed by atoms with E-state index in [0.29, 0.717) is 6.54 Å². The Kier molecular flexibility index (Phi) is 6.02. The van der Waals surface area contributed by atoms with Crippen LogP contribution in [0.1, 0.15) is 45.5 Å². The topological polar surface area (TPSA) is 58.4 Å². The van der Waals surface area contributed by atoms with Gasteiger partial charge in [0, 0.05) is 19.1 Å². The van der Waals surface area contributed by atoms with E-state index in [1.54, 1.807) is 0 Å². The fraction of sp³-hybridized carbons (Fsp3) is 0.714. The van der Waals surface area contributed by atoms with Gasteiger partial charge in [-0.05, 0) is 32.8 Å². The zero-order chi connectivity index (χ0) is 14.4. The summed E-state index contributed by atoms with van der Waals surface area (Å²) in [6.45, 7) is 9.81. The molecule has 0 aliphatic heterocycles. The molecular weight excluding hydrogens is 242 g/mol. The van der Waals surface area contributed by atoms with Crippen LogP contribution in [0.25, 0.3) is 0 Å². The maximum Gasteiger partial charge on any atom is 0.317 e. The molecule has 1 unspecified atom stereocenters. The van der Waals surface area contributed by atoms with Crippen molar-refractivity contribution in [2.45, 2.75) is 59.7 Å². The highest BCUT2D eigenvalue weighted by atomic mass is 16.4. The third kappa shape index (κ3) is 4.35. The van der Waals surface area contributed by atoms with Crippen LogP contribution in [-0.2, 0) is 24.3 Å². The second-order valence-corrected chi connectivity index (χ2v) is 4.85. The van der Waals surface area contributed by atoms with Gasteiger partial charge >= 0.3 is 5.97 Å². The number of hydrogen-bond donors (Lipinski definition) is 1. The molecule has 0 spiro atoms. The van der Waals surface area contributed by atoms with Gasteiger partial charge in [0.25, 0.3) is 0 Å². The van der Waals surface area contributed by atoms with Gasteiger partial charge < -0.3 is 5.11 Å². The van der Waals surface area contributed by atoms with Crippen molar-refractivity contribution in [3.63, 3.8) is 0 Å². The van der Waals surface area contributed by atoms with E-state index in [2.05, 4.69) is 38.9 Å². The Morgan fingerprint density at radius 1 is 1.47 bits per heavy atom. The molecule has 1 aromatic rings. The van der Waals surface area contributed by atoms with E-state index in [4.69, 9.17) is 5.11 Å². The van der Waals surface area contributed by atoms with Crippen molar-refractivity contribution in [1.29, 1.82) is 0 Å². The first-order valence-corrected chi connectivity index (χ1v) is 7.03. The van der Waals surface area contributed by atoms with Crippen LogP contribution in [-0.4, -0.2) is 38.3 Å². The summed E-state index contributed by atoms with van der Waals surface area (Å²) in [6, 6.07) is 2.34. The first-order chi connectivity index (χ1) is 9.01. The van der Waals surface area contributed by atoms with E-state index < -0.39 is 5.97 Å². The molecule has 1 rings (SSSR count). The van der Waals surface area contributed by atoms with Gasteiger partial charge in [-0.1, -0.05) is 13.8 Å². The summed E-state index contributed by atoms with van der Waals surface area (Å²) in [4.78, 5) is 13.0. The van der Waals surface area contributed by atoms with E-state index in [1.165, 1.54) is 0 Å². The number of hydrogen-bond acceptors (Lipinski definition) is 3. The number of carboxylic acid groups (broad SMARTS) is 1. The first kappa shape index (κ1) is 15.7. The minimum atomic E-state index is -0.779. The van der Waals surface area contributed by atoms with Crippen molar-refractivity contribution in [3.8, 4) is 0 Å². The van der Waals surface area contributed by atoms with Gasteiger partial charge in [-0.2, -0.15) is 5.10 Å². The predicted octanol–water partition coefficient (Wildman–Crippen LogP) is 2.15. The van der Waals surface area contributed by atoms with Crippen LogP contribution in [0.15, 0.2) is 6.07 Å². The average molecular weight is 267 g/mol. The third-order valence-electron chi connectivity index (χ3n) is 3.49. The molecule has 0 amide bonds. The van der Waals surface area contributed by atoms with Crippen molar-refractivity contribution in [1.82, 2.24) is 14.7 Å². The predicted molar refractivity (Wildman–Crippen MR) is 75.1 cm³/mol. The maximum atomic E-state index is 11.0. The molecule has 1 atom stereocenters. The summed E-state index contributed by atoms with van der Waals surface area (Å²) in [7, 11) is 0. The minimum Gasteiger partial charge on any atom is -0.480 e. The van der Waals surface area contributed by atoms with Crippen LogP contribution in [0, 0.1) is 0 Å². The first-order valence-electron chi connectivity index (χ1n) is 7.03. The number of aliphatic carboxylic acids is 1. The third-order valence-corrected chi connectivity index (χ3v) is 3.49. The Balaban J connectivity index is 2.88. The maximum absolute atomic E-state index is 11.0. The number of nitrogens with zero attached hydrogens (tertiary/aromatic N) is 3. The molecule has 1 aromatic heterocycles. The zero-order valence-corrected chi connectivity index (χ0v) is 12.4. The Morgan fingerprint density at radius 2 is 2.16 bits per heavy atom. The van der Waals surface area contributed by atoms with E-state index >= 15 is 0 Å². The lowest BCUT2D eigenvalue weighted by Crippen LogP contribution is -2.37. The van der Waals surface area contributed by atoms with Gasteiger partial charge in [0.2, 0.25) is 0 Å². The Bertz CT molecular complexity index is 415. The average Bonchev–Trinajstić information content (AvgIpc) is 2.78. The van der Waals surface area contributed by atoms with Crippen molar-refractivity contribution in [2.75, 3.05) is 6.54 Å². The summed E-state index contributed by atoms with van der Waals surface area (Å²) in [5.41, 5.74) is 2.16. The van der Waals surface area contributed by atoms with Gasteiger partial charge in [-0.3, -0.25) is 14.4 Å². The number of carboxylic acids is 1. The van der Waals surface area contributed by atoms with Gasteiger partial charge in [-0.15, -0.1) is 0 Å². The lowest BCUT2D eigenvalue weighted by atomic mass is 10.2. The second kappa shape index (κ2) is 7.28. The van der Waals surface area contributed by atoms with Crippen molar-refractivity contribution < 1.29 is 9.90 Å². The van der Waals surface area contributed by atoms with Crippen LogP contribution in [0.2, 0.25) is 0 Å². The number of aryl methyl sites for hydroxylation is 2. The molecule has 0 aromatic carbocycles. The quantitative estimate of drug-likeness (QED) is 0.784. The van der Waals surface area contributed by atoms with Crippen molar-refractivity contribution in [2.24, 2.45) is 0 Å². The molecule has 0 aliphatic carbocycles. The van der Waals surface area contributed by atoms with Gasteiger partial charge in [0.1, 0.15) is 0 Å². The molecule has 0 saturated heterocycles. The fourth-order valence-corrected chi connectivity index (χ4v) is 2.10. The normalized spacial score (nSPS) is 12.9. The highest BCUT2D eigenvalue weighted by Gasteiger charge is 2.18. The Morgan fingerprint density at radius 3 is 2.63 bits per heavy atom. The summed E-state index contributed by atoms with van der Waals surface area (Å²) in [5.74, 6) is -0.779. The van der Waals surface area contributed by atoms with E-state index in [0.717, 1.165) is 30.8 Å². The smallest absolute Gasteiger partial charge is 0.317 e. The Hall–Kier alpha value is -1.36. The van der Waals surface area contributed by atoms with Gasteiger partial charge in [0.05, 0.1) is 17.9 Å². The second-order valence-electron chi connectivity index (χ2n) is 4.85. The molecule has 0 radical (unpaired) electrons. The molecule has 0 fully saturated rings. The summed E-state index contributed by atoms with van der Waals surface area (Å²) in [5, 5.41) is 13.5. The highest BCUT2D eigenvalue weighted by Crippen LogP contribution is 2.12. The highest BCUT2D eigenvalue weighted by molar-refractivity contribution is 5.69. The van der Waals surface area contributed by atoms with Crippen molar-refractivity contribution in [3.05, 3.63) is 17.5 Å². The molecule has 0 aliphatic rings. The molecule has 108 valence electrons. The van der Waals surface area contributed by atoms with E-state index in [1.807, 2.05) is 9.58 Å². The molecule has 5 nitrogen and oxygen atoms in total. The molecule has 0 bridgehead atoms. The molecule has 1 N–H and O–H groups in total. The van der Waals surface area contributed by atoms with Crippen LogP contribution in [0.5, 0.6) is 0 Å². The molecule has 0 saturated carbocycles. The number of aromatic nitrogens is 2. The van der Waals surface area contributed by atoms with Crippen LogP contribution in [0.4, 0.5) is 0 Å². The van der Waals surface area contributed by atoms with E-state index in [-0.39, 0.29) is 12.6 Å². The van der Waals surface area contributed by atoms with Gasteiger partial charge in [0.15, 0.2) is 0 Å². The minimum absolute atomic E-state index is 0.0748. The SMILES string of the molecule is CCc1cc(CN(CC(=O)O)C(C)CC)n(CC)n1. The van der Waals surface area contributed by atoms with Crippen LogP contribution in [0.3, 0.4) is 0 Å². The van der Waals surface area contributed by atoms with E-state index in [9.17, 15) is 4.79 Å². The molecule has 19 heavy (non-hydrogen) atoms. The monoisotopic (exact) mass is 267 g/mol. The summed E-state index contributed by atoms with van der Waals surface area (Å²) < 4.78 is 1.97. The molecule has 1 heterocycles. The summed E-state index contributed by atoms with van der Waals surface area (Å²) >= 11 is 0. The number of carbonyl (C=O) groups is 1. The van der Waals surface area contributed by atoms with Crippen molar-refractivity contribution >= 4 is 5.97 Å². The molecular formula is C14H25N3O2. The van der Waals surface area contributed by atoms with Crippen LogP contribution < -0.4 is 0 Å². The Labute approximate surface area is 115 Å². The molecule has 5 heteroatoms. The van der Waals surface area contributed by atoms with Gasteiger partial charge in [-0.25, -0.2) is 0 Å². The standard InChI is InChI=1S/C14H25N3O2/c1-5-11(4)16(10-14(18)19)9-13-8-12(6-2)15-17(13)7-3/h8,11H,5-7,9-10H2,1-4H3,(H,18,19). The number of rotatable bonds is 8. The fourth-order valence-electron chi connectivity index (χ4n) is 2.10. The summed E-state index contributed by atoms with van der Waals surface area (Å²) in [6.07, 6.45) is 1.84. The lowest BCUT2D eigenvalue weighted by molar-refractivity contribution is -0.139. The lowest BCUT2D eigenvalue weighted by Gasteiger charge is -2.26. The largest absolute Gasteiger partial charge is 0.480 e. The van der Waals surface area contributed by atoms with Crippen LogP contribution >= 0.6 is 0 Å².